The van der Waals surface area contributed by atoms with E-state index < -0.39 is 12.0 Å². The summed E-state index contributed by atoms with van der Waals surface area (Å²) in [5, 5.41) is 0.496. The number of ether oxygens (including phenoxy) is 4. The summed E-state index contributed by atoms with van der Waals surface area (Å²) in [6.07, 6.45) is 1.75. The minimum atomic E-state index is -0.879. The lowest BCUT2D eigenvalue weighted by Gasteiger charge is -2.26. The van der Waals surface area contributed by atoms with Gasteiger partial charge in [0.2, 0.25) is 0 Å². The van der Waals surface area contributed by atoms with Crippen LogP contribution in [0.25, 0.3) is 11.8 Å². The van der Waals surface area contributed by atoms with Gasteiger partial charge in [-0.2, -0.15) is 0 Å². The standard InChI is InChI=1S/C37H31ClN2O6S/c1-4-45-36(42)32-33(24-13-9-6-10-14-24)39-37-40(34(32)25-15-17-29(43-2)30(20-25)44-3)35(41)31(47-37)21-26-19-27(38)16-18-28(26)46-22-23-11-7-5-8-12-23/h5-21,34H,4,22H2,1-3H3/b31-21-/t34-/m1/s1. The van der Waals surface area contributed by atoms with E-state index in [1.54, 1.807) is 50.4 Å². The highest BCUT2D eigenvalue weighted by molar-refractivity contribution is 7.07. The molecule has 1 aromatic heterocycles. The van der Waals surface area contributed by atoms with Crippen LogP contribution in [0, 0.1) is 0 Å². The van der Waals surface area contributed by atoms with Crippen LogP contribution in [0.5, 0.6) is 17.2 Å². The number of hydrogen-bond donors (Lipinski definition) is 0. The number of benzene rings is 4. The van der Waals surface area contributed by atoms with Gasteiger partial charge in [-0.05, 0) is 54.5 Å². The molecule has 1 aliphatic rings. The van der Waals surface area contributed by atoms with Crippen LogP contribution in [-0.2, 0) is 16.1 Å². The minimum absolute atomic E-state index is 0.147. The molecule has 0 N–H and O–H groups in total. The molecule has 6 rings (SSSR count). The number of esters is 1. The van der Waals surface area contributed by atoms with Crippen LogP contribution in [0.2, 0.25) is 5.02 Å². The summed E-state index contributed by atoms with van der Waals surface area (Å²) >= 11 is 7.63. The van der Waals surface area contributed by atoms with Crippen LogP contribution in [0.15, 0.2) is 112 Å². The second-order valence-electron chi connectivity index (χ2n) is 10.5. The maximum atomic E-state index is 14.4. The molecule has 0 bridgehead atoms. The Labute approximate surface area is 280 Å². The Bertz CT molecular complexity index is 2140. The highest BCUT2D eigenvalue weighted by Gasteiger charge is 2.35. The Morgan fingerprint density at radius 3 is 2.32 bits per heavy atom. The zero-order valence-corrected chi connectivity index (χ0v) is 27.5. The monoisotopic (exact) mass is 666 g/mol. The molecule has 0 saturated heterocycles. The summed E-state index contributed by atoms with van der Waals surface area (Å²) in [5.41, 5.74) is 3.29. The smallest absolute Gasteiger partial charge is 0.338 e. The van der Waals surface area contributed by atoms with Gasteiger partial charge in [-0.3, -0.25) is 9.36 Å². The van der Waals surface area contributed by atoms with Crippen LogP contribution in [0.3, 0.4) is 0 Å². The first-order valence-corrected chi connectivity index (χ1v) is 16.1. The topological polar surface area (TPSA) is 88.4 Å². The van der Waals surface area contributed by atoms with E-state index in [2.05, 4.69) is 0 Å². The molecule has 0 spiro atoms. The third-order valence-corrected chi connectivity index (χ3v) is 8.81. The Kier molecular flexibility index (Phi) is 9.56. The normalized spacial score (nSPS) is 14.3. The molecule has 0 amide bonds. The number of methoxy groups -OCH3 is 2. The van der Waals surface area contributed by atoms with Crippen molar-refractivity contribution in [3.05, 3.63) is 150 Å². The molecule has 238 valence electrons. The van der Waals surface area contributed by atoms with E-state index in [0.29, 0.717) is 60.6 Å². The van der Waals surface area contributed by atoms with Crippen molar-refractivity contribution in [2.45, 2.75) is 19.6 Å². The molecule has 1 aliphatic heterocycles. The number of halogens is 1. The molecular formula is C37H31ClN2O6S. The highest BCUT2D eigenvalue weighted by atomic mass is 35.5. The Morgan fingerprint density at radius 2 is 1.62 bits per heavy atom. The number of carbonyl (C=O) groups excluding carboxylic acids is 1. The van der Waals surface area contributed by atoms with Gasteiger partial charge in [-0.25, -0.2) is 9.79 Å². The van der Waals surface area contributed by atoms with Gasteiger partial charge in [0.05, 0.1) is 42.7 Å². The molecule has 0 radical (unpaired) electrons. The fraction of sp³-hybridized carbons (Fsp3) is 0.162. The second-order valence-corrected chi connectivity index (χ2v) is 11.9. The number of nitrogens with zero attached hydrogens (tertiary/aromatic N) is 2. The van der Waals surface area contributed by atoms with Gasteiger partial charge >= 0.3 is 5.97 Å². The van der Waals surface area contributed by atoms with Crippen LogP contribution in [-0.4, -0.2) is 31.4 Å². The first kappa shape index (κ1) is 31.8. The van der Waals surface area contributed by atoms with Gasteiger partial charge in [-0.15, -0.1) is 0 Å². The van der Waals surface area contributed by atoms with Gasteiger partial charge < -0.3 is 18.9 Å². The Morgan fingerprint density at radius 1 is 0.915 bits per heavy atom. The average Bonchev–Trinajstić information content (AvgIpc) is 3.41. The van der Waals surface area contributed by atoms with Crippen molar-refractivity contribution in [2.75, 3.05) is 20.8 Å². The van der Waals surface area contributed by atoms with Crippen molar-refractivity contribution in [1.29, 1.82) is 0 Å². The number of thiazole rings is 1. The van der Waals surface area contributed by atoms with E-state index in [9.17, 15) is 9.59 Å². The van der Waals surface area contributed by atoms with Crippen molar-refractivity contribution in [2.24, 2.45) is 4.99 Å². The lowest BCUT2D eigenvalue weighted by atomic mass is 9.93. The molecule has 47 heavy (non-hydrogen) atoms. The van der Waals surface area contributed by atoms with Gasteiger partial charge in [-0.1, -0.05) is 89.7 Å². The molecule has 2 heterocycles. The summed E-state index contributed by atoms with van der Waals surface area (Å²) < 4.78 is 24.7. The Hall–Kier alpha value is -5.12. The SMILES string of the molecule is CCOC(=O)C1=C(c2ccccc2)N=c2s/c(=C\c3cc(Cl)ccc3OCc3ccccc3)c(=O)n2[C@@H]1c1ccc(OC)c(OC)c1. The molecule has 0 saturated carbocycles. The molecule has 4 aromatic carbocycles. The molecule has 0 unspecified atom stereocenters. The number of hydrogen-bond acceptors (Lipinski definition) is 8. The largest absolute Gasteiger partial charge is 0.493 e. The van der Waals surface area contributed by atoms with E-state index in [-0.39, 0.29) is 17.7 Å². The average molecular weight is 667 g/mol. The van der Waals surface area contributed by atoms with Crippen molar-refractivity contribution in [3.63, 3.8) is 0 Å². The van der Waals surface area contributed by atoms with Gasteiger partial charge in [0.25, 0.3) is 5.56 Å². The minimum Gasteiger partial charge on any atom is -0.493 e. The molecule has 0 fully saturated rings. The predicted molar refractivity (Wildman–Crippen MR) is 183 cm³/mol. The fourth-order valence-corrected chi connectivity index (χ4v) is 6.59. The second kappa shape index (κ2) is 14.1. The van der Waals surface area contributed by atoms with E-state index in [1.165, 1.54) is 23.0 Å². The van der Waals surface area contributed by atoms with Crippen molar-refractivity contribution in [3.8, 4) is 17.2 Å². The molecule has 0 aliphatic carbocycles. The maximum absolute atomic E-state index is 14.4. The van der Waals surface area contributed by atoms with Crippen molar-refractivity contribution >= 4 is 40.7 Å². The van der Waals surface area contributed by atoms with Crippen LogP contribution in [0.4, 0.5) is 0 Å². The van der Waals surface area contributed by atoms with Crippen molar-refractivity contribution in [1.82, 2.24) is 4.57 Å². The zero-order chi connectivity index (χ0) is 32.9. The van der Waals surface area contributed by atoms with E-state index in [1.807, 2.05) is 66.7 Å². The van der Waals surface area contributed by atoms with E-state index >= 15 is 0 Å². The summed E-state index contributed by atoms with van der Waals surface area (Å²) in [7, 11) is 3.08. The van der Waals surface area contributed by atoms with Crippen LogP contribution >= 0.6 is 22.9 Å². The van der Waals surface area contributed by atoms with E-state index in [0.717, 1.165) is 5.56 Å². The first-order chi connectivity index (χ1) is 22.9. The summed E-state index contributed by atoms with van der Waals surface area (Å²) in [5.74, 6) is 0.957. The maximum Gasteiger partial charge on any atom is 0.338 e. The molecule has 5 aromatic rings. The third-order valence-electron chi connectivity index (χ3n) is 7.59. The molecule has 10 heteroatoms. The number of aromatic nitrogens is 1. The lowest BCUT2D eigenvalue weighted by Crippen LogP contribution is -2.40. The number of fused-ring (bicyclic) bond motifs is 1. The molecule has 1 atom stereocenters. The van der Waals surface area contributed by atoms with E-state index in [4.69, 9.17) is 35.5 Å². The fourth-order valence-electron chi connectivity index (χ4n) is 5.42. The van der Waals surface area contributed by atoms with Gasteiger partial charge in [0.15, 0.2) is 16.3 Å². The predicted octanol–water partition coefficient (Wildman–Crippen LogP) is 6.19. The lowest BCUT2D eigenvalue weighted by molar-refractivity contribution is -0.138. The summed E-state index contributed by atoms with van der Waals surface area (Å²) in [6.45, 7) is 2.23. The van der Waals surface area contributed by atoms with Crippen LogP contribution < -0.4 is 29.1 Å². The first-order valence-electron chi connectivity index (χ1n) is 14.9. The van der Waals surface area contributed by atoms with Gasteiger partial charge in [0.1, 0.15) is 12.4 Å². The van der Waals surface area contributed by atoms with Gasteiger partial charge in [0, 0.05) is 16.1 Å². The van der Waals surface area contributed by atoms with Crippen LogP contribution in [0.1, 0.15) is 35.2 Å². The quantitative estimate of drug-likeness (QED) is 0.165. The van der Waals surface area contributed by atoms with Crippen molar-refractivity contribution < 1.29 is 23.7 Å². The molecular weight excluding hydrogens is 636 g/mol. The highest BCUT2D eigenvalue weighted by Crippen LogP contribution is 2.38. The third kappa shape index (κ3) is 6.58. The summed E-state index contributed by atoms with van der Waals surface area (Å²) in [4.78, 5) is 33.5. The molecule has 8 nitrogen and oxygen atoms in total. The number of rotatable bonds is 10. The Balaban J connectivity index is 1.57. The zero-order valence-electron chi connectivity index (χ0n) is 25.9. The summed E-state index contributed by atoms with van der Waals surface area (Å²) in [6, 6.07) is 28.9. The number of carbonyl (C=O) groups is 1.